The standard InChI is InChI=1S/C17H21F3N2O2/c18-17(19,20)24-15-3-1-2-12(10-15)11-21-14-6-8-22(9-7-14)16(23)13-4-5-13/h1-3,10,13-14,21H,4-9,11H2. The summed E-state index contributed by atoms with van der Waals surface area (Å²) in [7, 11) is 0. The van der Waals surface area contributed by atoms with Crippen molar-refractivity contribution in [1.29, 1.82) is 0 Å². The number of rotatable bonds is 5. The van der Waals surface area contributed by atoms with E-state index in [2.05, 4.69) is 10.1 Å². The summed E-state index contributed by atoms with van der Waals surface area (Å²) in [6, 6.07) is 6.28. The van der Waals surface area contributed by atoms with Gasteiger partial charge in [-0.1, -0.05) is 12.1 Å². The molecule has 0 aromatic heterocycles. The number of alkyl halides is 3. The van der Waals surface area contributed by atoms with Gasteiger partial charge in [0.25, 0.3) is 0 Å². The van der Waals surface area contributed by atoms with Crippen molar-refractivity contribution < 1.29 is 22.7 Å². The highest BCUT2D eigenvalue weighted by Gasteiger charge is 2.35. The first-order valence-electron chi connectivity index (χ1n) is 8.27. The minimum Gasteiger partial charge on any atom is -0.406 e. The zero-order valence-electron chi connectivity index (χ0n) is 13.3. The SMILES string of the molecule is O=C(C1CC1)N1CCC(NCc2cccc(OC(F)(F)F)c2)CC1. The molecule has 2 aliphatic rings. The molecule has 0 unspecified atom stereocenters. The molecule has 0 atom stereocenters. The van der Waals surface area contributed by atoms with Crippen LogP contribution in [-0.2, 0) is 11.3 Å². The molecule has 1 aromatic carbocycles. The number of carbonyl (C=O) groups is 1. The number of halogens is 3. The number of nitrogens with zero attached hydrogens (tertiary/aromatic N) is 1. The molecule has 1 amide bonds. The molecule has 0 spiro atoms. The maximum absolute atomic E-state index is 12.2. The highest BCUT2D eigenvalue weighted by Crippen LogP contribution is 2.32. The predicted octanol–water partition coefficient (Wildman–Crippen LogP) is 3.08. The fourth-order valence-electron chi connectivity index (χ4n) is 3.01. The lowest BCUT2D eigenvalue weighted by Gasteiger charge is -2.32. The second-order valence-corrected chi connectivity index (χ2v) is 6.45. The maximum atomic E-state index is 12.2. The molecule has 1 saturated carbocycles. The Bertz CT molecular complexity index is 579. The Kier molecular flexibility index (Phi) is 4.99. The lowest BCUT2D eigenvalue weighted by Crippen LogP contribution is -2.45. The second kappa shape index (κ2) is 7.01. The average molecular weight is 342 g/mol. The van der Waals surface area contributed by atoms with Crippen LogP contribution in [0.1, 0.15) is 31.2 Å². The summed E-state index contributed by atoms with van der Waals surface area (Å²) in [6.45, 7) is 1.99. The zero-order valence-corrected chi connectivity index (χ0v) is 13.3. The van der Waals surface area contributed by atoms with Crippen LogP contribution in [0.2, 0.25) is 0 Å². The van der Waals surface area contributed by atoms with Crippen molar-refractivity contribution in [2.24, 2.45) is 5.92 Å². The van der Waals surface area contributed by atoms with Gasteiger partial charge >= 0.3 is 6.36 Å². The first-order valence-corrected chi connectivity index (χ1v) is 8.27. The van der Waals surface area contributed by atoms with E-state index in [0.717, 1.165) is 44.3 Å². The van der Waals surface area contributed by atoms with Gasteiger partial charge in [-0.15, -0.1) is 13.2 Å². The quantitative estimate of drug-likeness (QED) is 0.894. The third-order valence-corrected chi connectivity index (χ3v) is 4.46. The van der Waals surface area contributed by atoms with E-state index in [1.807, 2.05) is 4.90 Å². The number of hydrogen-bond acceptors (Lipinski definition) is 3. The van der Waals surface area contributed by atoms with Crippen LogP contribution in [0.15, 0.2) is 24.3 Å². The average Bonchev–Trinajstić information content (AvgIpc) is 3.36. The molecule has 1 aromatic rings. The van der Waals surface area contributed by atoms with Crippen LogP contribution in [0.3, 0.4) is 0 Å². The van der Waals surface area contributed by atoms with Gasteiger partial charge in [0.2, 0.25) is 5.91 Å². The number of benzene rings is 1. The minimum absolute atomic E-state index is 0.202. The number of carbonyl (C=O) groups excluding carboxylic acids is 1. The van der Waals surface area contributed by atoms with E-state index >= 15 is 0 Å². The second-order valence-electron chi connectivity index (χ2n) is 6.45. The number of amides is 1. The number of likely N-dealkylation sites (tertiary alicyclic amines) is 1. The van der Waals surface area contributed by atoms with Gasteiger partial charge in [0.15, 0.2) is 0 Å². The number of ether oxygens (including phenoxy) is 1. The number of piperidine rings is 1. The summed E-state index contributed by atoms with van der Waals surface area (Å²) < 4.78 is 40.7. The molecule has 1 aliphatic heterocycles. The zero-order chi connectivity index (χ0) is 17.2. The minimum atomic E-state index is -4.67. The molecular formula is C17H21F3N2O2. The third kappa shape index (κ3) is 4.87. The molecule has 0 bridgehead atoms. The summed E-state index contributed by atoms with van der Waals surface area (Å²) in [6.07, 6.45) is -0.887. The third-order valence-electron chi connectivity index (χ3n) is 4.46. The van der Waals surface area contributed by atoms with Crippen molar-refractivity contribution in [3.63, 3.8) is 0 Å². The van der Waals surface area contributed by atoms with E-state index in [1.54, 1.807) is 12.1 Å². The van der Waals surface area contributed by atoms with Gasteiger partial charge in [0, 0.05) is 31.6 Å². The molecule has 3 rings (SSSR count). The Hall–Kier alpha value is -1.76. The molecular weight excluding hydrogens is 321 g/mol. The van der Waals surface area contributed by atoms with E-state index in [9.17, 15) is 18.0 Å². The first-order chi connectivity index (χ1) is 11.4. The fourth-order valence-corrected chi connectivity index (χ4v) is 3.01. The molecule has 1 N–H and O–H groups in total. The van der Waals surface area contributed by atoms with Gasteiger partial charge in [0.1, 0.15) is 5.75 Å². The Balaban J connectivity index is 1.45. The van der Waals surface area contributed by atoms with E-state index in [-0.39, 0.29) is 23.6 Å². The summed E-state index contributed by atoms with van der Waals surface area (Å²) >= 11 is 0. The van der Waals surface area contributed by atoms with E-state index in [4.69, 9.17) is 0 Å². The largest absolute Gasteiger partial charge is 0.573 e. The van der Waals surface area contributed by atoms with Crippen LogP contribution in [-0.4, -0.2) is 36.3 Å². The topological polar surface area (TPSA) is 41.6 Å². The Labute approximate surface area is 139 Å². The van der Waals surface area contributed by atoms with Crippen LogP contribution in [0.5, 0.6) is 5.75 Å². The van der Waals surface area contributed by atoms with E-state index < -0.39 is 6.36 Å². The summed E-state index contributed by atoms with van der Waals surface area (Å²) in [5.74, 6) is 0.336. The number of nitrogens with one attached hydrogen (secondary N) is 1. The van der Waals surface area contributed by atoms with Crippen molar-refractivity contribution in [3.8, 4) is 5.75 Å². The van der Waals surface area contributed by atoms with Gasteiger partial charge in [-0.05, 0) is 43.4 Å². The Morgan fingerprint density at radius 2 is 1.92 bits per heavy atom. The molecule has 2 fully saturated rings. The van der Waals surface area contributed by atoms with Crippen molar-refractivity contribution in [1.82, 2.24) is 10.2 Å². The van der Waals surface area contributed by atoms with Gasteiger partial charge in [-0.2, -0.15) is 0 Å². The molecule has 4 nitrogen and oxygen atoms in total. The van der Waals surface area contributed by atoms with Crippen molar-refractivity contribution in [3.05, 3.63) is 29.8 Å². The van der Waals surface area contributed by atoms with Crippen LogP contribution in [0.25, 0.3) is 0 Å². The molecule has 24 heavy (non-hydrogen) atoms. The summed E-state index contributed by atoms with van der Waals surface area (Å²) in [5.41, 5.74) is 0.744. The monoisotopic (exact) mass is 342 g/mol. The van der Waals surface area contributed by atoms with Crippen molar-refractivity contribution in [2.75, 3.05) is 13.1 Å². The first kappa shape index (κ1) is 17.1. The van der Waals surface area contributed by atoms with Gasteiger partial charge in [0.05, 0.1) is 0 Å². The lowest BCUT2D eigenvalue weighted by atomic mass is 10.0. The smallest absolute Gasteiger partial charge is 0.406 e. The predicted molar refractivity (Wildman–Crippen MR) is 82.3 cm³/mol. The molecule has 132 valence electrons. The van der Waals surface area contributed by atoms with E-state index in [1.165, 1.54) is 12.1 Å². The Morgan fingerprint density at radius 3 is 2.54 bits per heavy atom. The molecule has 1 heterocycles. The Morgan fingerprint density at radius 1 is 1.21 bits per heavy atom. The van der Waals surface area contributed by atoms with Gasteiger partial charge < -0.3 is 15.0 Å². The van der Waals surface area contributed by atoms with Crippen LogP contribution in [0.4, 0.5) is 13.2 Å². The molecule has 1 aliphatic carbocycles. The normalized spacial score (nSPS) is 19.4. The highest BCUT2D eigenvalue weighted by molar-refractivity contribution is 5.81. The molecule has 0 radical (unpaired) electrons. The van der Waals surface area contributed by atoms with Crippen LogP contribution < -0.4 is 10.1 Å². The fraction of sp³-hybridized carbons (Fsp3) is 0.588. The highest BCUT2D eigenvalue weighted by atomic mass is 19.4. The van der Waals surface area contributed by atoms with Gasteiger partial charge in [-0.3, -0.25) is 4.79 Å². The van der Waals surface area contributed by atoms with Crippen molar-refractivity contribution in [2.45, 2.75) is 44.6 Å². The molecule has 7 heteroatoms. The molecule has 1 saturated heterocycles. The van der Waals surface area contributed by atoms with Crippen LogP contribution in [0, 0.1) is 5.92 Å². The number of hydrogen-bond donors (Lipinski definition) is 1. The maximum Gasteiger partial charge on any atom is 0.573 e. The summed E-state index contributed by atoms with van der Waals surface area (Å²) in [5, 5.41) is 3.36. The lowest BCUT2D eigenvalue weighted by molar-refractivity contribution is -0.274. The van der Waals surface area contributed by atoms with Crippen LogP contribution >= 0.6 is 0 Å². The summed E-state index contributed by atoms with van der Waals surface area (Å²) in [4.78, 5) is 13.9. The van der Waals surface area contributed by atoms with Crippen molar-refractivity contribution >= 4 is 5.91 Å². The van der Waals surface area contributed by atoms with Gasteiger partial charge in [-0.25, -0.2) is 0 Å². The van der Waals surface area contributed by atoms with E-state index in [0.29, 0.717) is 6.54 Å².